The first kappa shape index (κ1) is 11.9. The van der Waals surface area contributed by atoms with Gasteiger partial charge >= 0.3 is 11.9 Å². The van der Waals surface area contributed by atoms with Crippen LogP contribution in [0.2, 0.25) is 0 Å². The summed E-state index contributed by atoms with van der Waals surface area (Å²) < 4.78 is 14.6. The summed E-state index contributed by atoms with van der Waals surface area (Å²) in [5.74, 6) is -0.937. The van der Waals surface area contributed by atoms with E-state index in [1.807, 2.05) is 0 Å². The van der Waals surface area contributed by atoms with Crippen LogP contribution in [-0.2, 0) is 23.8 Å². The van der Waals surface area contributed by atoms with Crippen LogP contribution in [0.3, 0.4) is 0 Å². The molecule has 1 N–H and O–H groups in total. The predicted molar refractivity (Wildman–Crippen MR) is 47.7 cm³/mol. The summed E-state index contributed by atoms with van der Waals surface area (Å²) >= 11 is 0. The van der Waals surface area contributed by atoms with Gasteiger partial charge in [-0.05, 0) is 0 Å². The minimum Gasteiger partial charge on any atom is -0.460 e. The second-order valence-corrected chi connectivity index (χ2v) is 3.34. The largest absolute Gasteiger partial charge is 0.460 e. The molecule has 3 atom stereocenters. The van der Waals surface area contributed by atoms with Crippen LogP contribution in [0.4, 0.5) is 0 Å². The highest BCUT2D eigenvalue weighted by molar-refractivity contribution is 5.66. The zero-order valence-corrected chi connectivity index (χ0v) is 8.63. The van der Waals surface area contributed by atoms with E-state index >= 15 is 0 Å². The van der Waals surface area contributed by atoms with Crippen molar-refractivity contribution in [2.45, 2.75) is 38.8 Å². The maximum atomic E-state index is 10.7. The molecule has 1 aliphatic rings. The number of ether oxygens (including phenoxy) is 3. The van der Waals surface area contributed by atoms with E-state index in [9.17, 15) is 14.7 Å². The van der Waals surface area contributed by atoms with Crippen molar-refractivity contribution < 1.29 is 28.9 Å². The van der Waals surface area contributed by atoms with E-state index in [4.69, 9.17) is 14.2 Å². The van der Waals surface area contributed by atoms with E-state index in [1.165, 1.54) is 13.8 Å². The third-order valence-corrected chi connectivity index (χ3v) is 1.92. The summed E-state index contributed by atoms with van der Waals surface area (Å²) in [6.45, 7) is 2.63. The Morgan fingerprint density at radius 3 is 2.40 bits per heavy atom. The van der Waals surface area contributed by atoms with Crippen LogP contribution in [0.15, 0.2) is 0 Å². The van der Waals surface area contributed by atoms with Gasteiger partial charge in [0.25, 0.3) is 0 Å². The van der Waals surface area contributed by atoms with Crippen LogP contribution in [0.25, 0.3) is 0 Å². The quantitative estimate of drug-likeness (QED) is 0.634. The van der Waals surface area contributed by atoms with Crippen molar-refractivity contribution in [1.29, 1.82) is 0 Å². The Labute approximate surface area is 87.1 Å². The van der Waals surface area contributed by atoms with Gasteiger partial charge in [0, 0.05) is 20.3 Å². The van der Waals surface area contributed by atoms with Crippen molar-refractivity contribution in [1.82, 2.24) is 0 Å². The molecule has 6 nitrogen and oxygen atoms in total. The summed E-state index contributed by atoms with van der Waals surface area (Å²) in [5.41, 5.74) is 0. The summed E-state index contributed by atoms with van der Waals surface area (Å²) in [6.07, 6.45) is -2.16. The monoisotopic (exact) mass is 218 g/mol. The molecule has 86 valence electrons. The first-order valence-electron chi connectivity index (χ1n) is 4.63. The third kappa shape index (κ3) is 3.85. The van der Waals surface area contributed by atoms with Crippen LogP contribution < -0.4 is 0 Å². The van der Waals surface area contributed by atoms with Crippen LogP contribution in [0.5, 0.6) is 0 Å². The molecule has 1 fully saturated rings. The topological polar surface area (TPSA) is 82.1 Å². The first-order valence-corrected chi connectivity index (χ1v) is 4.63. The minimum atomic E-state index is -1.15. The Hall–Kier alpha value is -1.14. The molecule has 0 aromatic carbocycles. The molecule has 0 saturated carbocycles. The van der Waals surface area contributed by atoms with E-state index in [1.54, 1.807) is 0 Å². The van der Waals surface area contributed by atoms with Crippen molar-refractivity contribution in [2.24, 2.45) is 0 Å². The van der Waals surface area contributed by atoms with Gasteiger partial charge in [0.2, 0.25) is 0 Å². The van der Waals surface area contributed by atoms with Crippen LogP contribution in [-0.4, -0.2) is 42.1 Å². The Morgan fingerprint density at radius 2 is 1.87 bits per heavy atom. The highest BCUT2D eigenvalue weighted by atomic mass is 16.7. The van der Waals surface area contributed by atoms with Crippen molar-refractivity contribution in [3.63, 3.8) is 0 Å². The molecular weight excluding hydrogens is 204 g/mol. The van der Waals surface area contributed by atoms with E-state index in [-0.39, 0.29) is 13.0 Å². The summed E-state index contributed by atoms with van der Waals surface area (Å²) in [6, 6.07) is 0. The zero-order valence-electron chi connectivity index (χ0n) is 8.63. The molecule has 0 unspecified atom stereocenters. The van der Waals surface area contributed by atoms with Gasteiger partial charge in [-0.3, -0.25) is 9.59 Å². The Morgan fingerprint density at radius 1 is 1.27 bits per heavy atom. The Bertz CT molecular complexity index is 251. The summed E-state index contributed by atoms with van der Waals surface area (Å²) in [4.78, 5) is 21.4. The maximum absolute atomic E-state index is 10.7. The highest BCUT2D eigenvalue weighted by Gasteiger charge is 2.33. The van der Waals surface area contributed by atoms with Crippen LogP contribution >= 0.6 is 0 Å². The first-order chi connectivity index (χ1) is 6.99. The standard InChI is InChI=1S/C9H14O6/c1-5(10)14-7-3-8(15-6(2)11)9(12)13-4-7/h7-9,12H,3-4H2,1-2H3/t7-,8+,9+/m1/s1. The molecule has 6 heteroatoms. The molecule has 0 radical (unpaired) electrons. The van der Waals surface area contributed by atoms with E-state index in [0.717, 1.165) is 0 Å². The highest BCUT2D eigenvalue weighted by Crippen LogP contribution is 2.18. The van der Waals surface area contributed by atoms with Gasteiger partial charge < -0.3 is 19.3 Å². The fourth-order valence-corrected chi connectivity index (χ4v) is 1.39. The molecule has 0 aromatic heterocycles. The van der Waals surface area contributed by atoms with Gasteiger partial charge in [-0.1, -0.05) is 0 Å². The fourth-order valence-electron chi connectivity index (χ4n) is 1.39. The van der Waals surface area contributed by atoms with Crippen molar-refractivity contribution in [3.8, 4) is 0 Å². The maximum Gasteiger partial charge on any atom is 0.303 e. The van der Waals surface area contributed by atoms with Crippen molar-refractivity contribution >= 4 is 11.9 Å². The number of hydrogen-bond donors (Lipinski definition) is 1. The second kappa shape index (κ2) is 5.09. The van der Waals surface area contributed by atoms with Crippen LogP contribution in [0.1, 0.15) is 20.3 Å². The number of rotatable bonds is 2. The zero-order chi connectivity index (χ0) is 11.4. The molecule has 0 bridgehead atoms. The lowest BCUT2D eigenvalue weighted by atomic mass is 10.1. The minimum absolute atomic E-state index is 0.110. The van der Waals surface area contributed by atoms with Gasteiger partial charge in [0.15, 0.2) is 12.4 Å². The second-order valence-electron chi connectivity index (χ2n) is 3.34. The molecular formula is C9H14O6. The van der Waals surface area contributed by atoms with E-state index in [2.05, 4.69) is 0 Å². The molecule has 1 saturated heterocycles. The van der Waals surface area contributed by atoms with Crippen molar-refractivity contribution in [3.05, 3.63) is 0 Å². The van der Waals surface area contributed by atoms with E-state index < -0.39 is 30.4 Å². The molecule has 1 rings (SSSR count). The number of esters is 2. The fraction of sp³-hybridized carbons (Fsp3) is 0.778. The lowest BCUT2D eigenvalue weighted by Gasteiger charge is -2.31. The molecule has 0 aliphatic carbocycles. The molecule has 15 heavy (non-hydrogen) atoms. The molecule has 1 aliphatic heterocycles. The normalized spacial score (nSPS) is 30.7. The Balaban J connectivity index is 2.47. The van der Waals surface area contributed by atoms with Crippen molar-refractivity contribution in [2.75, 3.05) is 6.61 Å². The third-order valence-electron chi connectivity index (χ3n) is 1.92. The van der Waals surface area contributed by atoms with Gasteiger partial charge in [-0.15, -0.1) is 0 Å². The SMILES string of the molecule is CC(=O)O[C@H]1CO[C@H](O)[C@@H](OC(C)=O)C1. The van der Waals surface area contributed by atoms with Crippen LogP contribution in [0, 0.1) is 0 Å². The molecule has 0 amide bonds. The van der Waals surface area contributed by atoms with Gasteiger partial charge in [-0.2, -0.15) is 0 Å². The summed E-state index contributed by atoms with van der Waals surface area (Å²) in [7, 11) is 0. The Kier molecular flexibility index (Phi) is 4.05. The smallest absolute Gasteiger partial charge is 0.303 e. The number of aliphatic hydroxyl groups excluding tert-OH is 1. The van der Waals surface area contributed by atoms with E-state index in [0.29, 0.717) is 0 Å². The van der Waals surface area contributed by atoms with Gasteiger partial charge in [0.05, 0.1) is 6.61 Å². The van der Waals surface area contributed by atoms with Gasteiger partial charge in [-0.25, -0.2) is 0 Å². The molecule has 0 aromatic rings. The number of carbonyl (C=O) groups is 2. The predicted octanol–water partition coefficient (Wildman–Crippen LogP) is -0.412. The molecule has 1 heterocycles. The number of hydrogen-bond acceptors (Lipinski definition) is 6. The lowest BCUT2D eigenvalue weighted by molar-refractivity contribution is -0.229. The summed E-state index contributed by atoms with van der Waals surface area (Å²) in [5, 5.41) is 9.33. The number of aliphatic hydroxyl groups is 1. The molecule has 0 spiro atoms. The van der Waals surface area contributed by atoms with Gasteiger partial charge in [0.1, 0.15) is 6.10 Å². The average molecular weight is 218 g/mol. The lowest BCUT2D eigenvalue weighted by Crippen LogP contribution is -2.44. The number of carbonyl (C=O) groups excluding carboxylic acids is 2. The average Bonchev–Trinajstić information content (AvgIpc) is 2.09.